The normalized spacial score (nSPS) is 11.5. The Morgan fingerprint density at radius 3 is 2.63 bits per heavy atom. The van der Waals surface area contributed by atoms with Crippen LogP contribution in [0.15, 0.2) is 68.5 Å². The summed E-state index contributed by atoms with van der Waals surface area (Å²) in [5.41, 5.74) is 2.75. The zero-order chi connectivity index (χ0) is 19.0. The van der Waals surface area contributed by atoms with Gasteiger partial charge in [-0.25, -0.2) is 4.98 Å². The summed E-state index contributed by atoms with van der Waals surface area (Å²) >= 11 is 8.23. The first-order valence-electron chi connectivity index (χ1n) is 7.92. The maximum absolute atomic E-state index is 10.3. The Hall–Kier alpha value is -2.22. The van der Waals surface area contributed by atoms with Gasteiger partial charge in [0.2, 0.25) is 0 Å². The summed E-state index contributed by atoms with van der Waals surface area (Å²) in [6.07, 6.45) is 1.58. The van der Waals surface area contributed by atoms with Gasteiger partial charge in [-0.3, -0.25) is 4.99 Å². The third-order valence-corrected chi connectivity index (χ3v) is 6.05. The van der Waals surface area contributed by atoms with Crippen LogP contribution in [0.4, 0.5) is 5.69 Å². The van der Waals surface area contributed by atoms with Crippen LogP contribution in [0.5, 0.6) is 11.5 Å². The number of phenols is 2. The van der Waals surface area contributed by atoms with Gasteiger partial charge in [0.05, 0.1) is 25.9 Å². The van der Waals surface area contributed by atoms with E-state index in [1.807, 2.05) is 24.3 Å². The molecule has 0 spiro atoms. The number of aliphatic imine (C=N–C) groups is 1. The maximum Gasteiger partial charge on any atom is 0.138 e. The van der Waals surface area contributed by atoms with Gasteiger partial charge in [0.25, 0.3) is 0 Å². The average Bonchev–Trinajstić information content (AvgIpc) is 3.08. The van der Waals surface area contributed by atoms with Crippen LogP contribution in [0.2, 0.25) is 0 Å². The van der Waals surface area contributed by atoms with Gasteiger partial charge in [-0.05, 0) is 58.4 Å². The number of fused-ring (bicyclic) bond motifs is 1. The topological polar surface area (TPSA) is 65.7 Å². The molecule has 1 heterocycles. The molecule has 0 saturated carbocycles. The Labute approximate surface area is 176 Å². The maximum atomic E-state index is 10.3. The van der Waals surface area contributed by atoms with E-state index in [9.17, 15) is 10.2 Å². The summed E-state index contributed by atoms with van der Waals surface area (Å²) in [5, 5.41) is 21.2. The minimum Gasteiger partial charge on any atom is -0.507 e. The number of benzene rings is 3. The molecule has 0 atom stereocenters. The molecule has 4 rings (SSSR count). The van der Waals surface area contributed by atoms with Gasteiger partial charge in [-0.15, -0.1) is 11.3 Å². The number of nitrogens with zero attached hydrogens (tertiary/aromatic N) is 2. The van der Waals surface area contributed by atoms with Crippen LogP contribution >= 0.6 is 43.2 Å². The van der Waals surface area contributed by atoms with Crippen molar-refractivity contribution in [1.29, 1.82) is 0 Å². The van der Waals surface area contributed by atoms with E-state index in [4.69, 9.17) is 0 Å². The molecule has 0 fully saturated rings. The number of phenolic OH excluding ortho intramolecular Hbond substituents is 2. The van der Waals surface area contributed by atoms with E-state index in [-0.39, 0.29) is 11.5 Å². The third kappa shape index (κ3) is 3.76. The van der Waals surface area contributed by atoms with Crippen LogP contribution in [-0.2, 0) is 0 Å². The smallest absolute Gasteiger partial charge is 0.138 e. The van der Waals surface area contributed by atoms with Gasteiger partial charge in [-0.2, -0.15) is 0 Å². The van der Waals surface area contributed by atoms with Crippen molar-refractivity contribution in [2.75, 3.05) is 0 Å². The monoisotopic (exact) mass is 502 g/mol. The molecule has 0 saturated heterocycles. The Kier molecular flexibility index (Phi) is 4.99. The summed E-state index contributed by atoms with van der Waals surface area (Å²) in [6.45, 7) is 0. The van der Waals surface area contributed by atoms with E-state index in [1.165, 1.54) is 11.3 Å². The van der Waals surface area contributed by atoms with Crippen LogP contribution in [-0.4, -0.2) is 21.4 Å². The molecule has 2 N–H and O–H groups in total. The van der Waals surface area contributed by atoms with Crippen LogP contribution in [0, 0.1) is 0 Å². The SMILES string of the molecule is Oc1ccc(N=Cc2cc(Br)cc(Br)c2O)cc1-c1nc2ccccc2s1. The van der Waals surface area contributed by atoms with Crippen LogP contribution in [0.25, 0.3) is 20.8 Å². The lowest BCUT2D eigenvalue weighted by molar-refractivity contribution is 0.471. The van der Waals surface area contributed by atoms with Gasteiger partial charge in [0.1, 0.15) is 16.5 Å². The highest BCUT2D eigenvalue weighted by atomic mass is 79.9. The van der Waals surface area contributed by atoms with Gasteiger partial charge >= 0.3 is 0 Å². The molecule has 0 aliphatic rings. The third-order valence-electron chi connectivity index (χ3n) is 3.91. The van der Waals surface area contributed by atoms with Crippen LogP contribution < -0.4 is 0 Å². The number of aromatic nitrogens is 1. The van der Waals surface area contributed by atoms with Crippen molar-refractivity contribution in [1.82, 2.24) is 4.98 Å². The van der Waals surface area contributed by atoms with Crippen LogP contribution in [0.3, 0.4) is 0 Å². The zero-order valence-corrected chi connectivity index (χ0v) is 17.7. The number of hydrogen-bond acceptors (Lipinski definition) is 5. The molecule has 7 heteroatoms. The van der Waals surface area contributed by atoms with E-state index in [1.54, 1.807) is 36.5 Å². The van der Waals surface area contributed by atoms with Crippen molar-refractivity contribution < 1.29 is 10.2 Å². The van der Waals surface area contributed by atoms with Crippen LogP contribution in [0.1, 0.15) is 5.56 Å². The second-order valence-corrected chi connectivity index (χ2v) is 8.57. The molecule has 0 bridgehead atoms. The molecular weight excluding hydrogens is 492 g/mol. The highest BCUT2D eigenvalue weighted by Gasteiger charge is 2.11. The predicted molar refractivity (Wildman–Crippen MR) is 117 cm³/mol. The molecule has 0 aliphatic carbocycles. The summed E-state index contributed by atoms with van der Waals surface area (Å²) in [7, 11) is 0. The van der Waals surface area contributed by atoms with E-state index >= 15 is 0 Å². The van der Waals surface area contributed by atoms with Crippen molar-refractivity contribution in [3.05, 3.63) is 69.1 Å². The van der Waals surface area contributed by atoms with E-state index < -0.39 is 0 Å². The highest BCUT2D eigenvalue weighted by molar-refractivity contribution is 9.11. The van der Waals surface area contributed by atoms with Crippen molar-refractivity contribution in [2.45, 2.75) is 0 Å². The molecule has 1 aromatic heterocycles. The fourth-order valence-electron chi connectivity index (χ4n) is 2.59. The van der Waals surface area contributed by atoms with Gasteiger partial charge in [0.15, 0.2) is 0 Å². The first-order valence-corrected chi connectivity index (χ1v) is 10.3. The average molecular weight is 504 g/mol. The Balaban J connectivity index is 1.72. The number of para-hydroxylation sites is 1. The second-order valence-electron chi connectivity index (χ2n) is 5.77. The van der Waals surface area contributed by atoms with Crippen molar-refractivity contribution in [3.8, 4) is 22.1 Å². The lowest BCUT2D eigenvalue weighted by atomic mass is 10.2. The second kappa shape index (κ2) is 7.42. The Morgan fingerprint density at radius 2 is 1.81 bits per heavy atom. The molecule has 0 amide bonds. The lowest BCUT2D eigenvalue weighted by Gasteiger charge is -2.04. The summed E-state index contributed by atoms with van der Waals surface area (Å²) in [5.74, 6) is 0.271. The fraction of sp³-hybridized carbons (Fsp3) is 0. The molecule has 4 aromatic rings. The largest absolute Gasteiger partial charge is 0.507 e. The standard InChI is InChI=1S/C20H12Br2N2O2S/c21-12-7-11(19(26)15(22)8-12)10-23-13-5-6-17(25)14(9-13)20-24-16-3-1-2-4-18(16)27-20/h1-10,25-26H. The molecule has 3 aromatic carbocycles. The molecular formula is C20H12Br2N2O2S. The number of thiazole rings is 1. The van der Waals surface area contributed by atoms with Crippen molar-refractivity contribution in [2.24, 2.45) is 4.99 Å². The minimum absolute atomic E-state index is 0.118. The summed E-state index contributed by atoms with van der Waals surface area (Å²) < 4.78 is 2.47. The van der Waals surface area contributed by atoms with Crippen molar-refractivity contribution in [3.63, 3.8) is 0 Å². The minimum atomic E-state index is 0.118. The summed E-state index contributed by atoms with van der Waals surface area (Å²) in [6, 6.07) is 16.5. The number of hydrogen-bond donors (Lipinski definition) is 2. The van der Waals surface area contributed by atoms with Gasteiger partial charge in [-0.1, -0.05) is 28.1 Å². The predicted octanol–water partition coefficient (Wildman–Crippen LogP) is 6.65. The number of halogens is 2. The number of rotatable bonds is 3. The lowest BCUT2D eigenvalue weighted by Crippen LogP contribution is -1.84. The summed E-state index contributed by atoms with van der Waals surface area (Å²) in [4.78, 5) is 9.03. The van der Waals surface area contributed by atoms with Gasteiger partial charge < -0.3 is 10.2 Å². The van der Waals surface area contributed by atoms with Gasteiger partial charge in [0, 0.05) is 16.3 Å². The first-order chi connectivity index (χ1) is 13.0. The van der Waals surface area contributed by atoms with E-state index in [2.05, 4.69) is 41.8 Å². The first kappa shape index (κ1) is 18.2. The molecule has 0 radical (unpaired) electrons. The quantitative estimate of drug-likeness (QED) is 0.307. The fourth-order valence-corrected chi connectivity index (χ4v) is 4.84. The van der Waals surface area contributed by atoms with E-state index in [0.717, 1.165) is 19.7 Å². The molecule has 134 valence electrons. The highest BCUT2D eigenvalue weighted by Crippen LogP contribution is 2.37. The molecule has 27 heavy (non-hydrogen) atoms. The molecule has 4 nitrogen and oxygen atoms in total. The van der Waals surface area contributed by atoms with Crippen molar-refractivity contribution >= 4 is 65.3 Å². The number of aromatic hydroxyl groups is 2. The Morgan fingerprint density at radius 1 is 1.00 bits per heavy atom. The molecule has 0 unspecified atom stereocenters. The molecule has 0 aliphatic heterocycles. The Bertz CT molecular complexity index is 1160. The zero-order valence-electron chi connectivity index (χ0n) is 13.7. The van der Waals surface area contributed by atoms with E-state index in [0.29, 0.717) is 21.3 Å².